The minimum atomic E-state index is -4.42. The van der Waals surface area contributed by atoms with Crippen molar-refractivity contribution in [2.75, 3.05) is 13.2 Å². The number of carboxylic acids is 1. The van der Waals surface area contributed by atoms with Crippen molar-refractivity contribution in [3.63, 3.8) is 0 Å². The lowest BCUT2D eigenvalue weighted by molar-refractivity contribution is -0.135. The predicted molar refractivity (Wildman–Crippen MR) is 88.9 cm³/mol. The number of azide groups is 1. The highest BCUT2D eigenvalue weighted by atomic mass is 31.2. The molecule has 1 aromatic heterocycles. The number of hydrogen-bond acceptors (Lipinski definition) is 7. The number of aromatic amines is 1. The Balaban J connectivity index is 2.13. The first kappa shape index (κ1) is 20.8. The number of carboxylic acid groups (broad SMARTS) is 1. The van der Waals surface area contributed by atoms with Crippen LogP contribution in [-0.4, -0.2) is 50.8 Å². The second kappa shape index (κ2) is 8.48. The SMILES string of the molecule is Cc1cn([C@H]2C[C@H](N=[N+]=[N-])[C@@H](COP(=O)(O)NCC(=O)O)O2)c(=O)[nH]c1=O. The van der Waals surface area contributed by atoms with Gasteiger partial charge in [-0.25, -0.2) is 14.4 Å². The second-order valence-electron chi connectivity index (χ2n) is 5.66. The van der Waals surface area contributed by atoms with Crippen molar-refractivity contribution in [3.8, 4) is 0 Å². The van der Waals surface area contributed by atoms with Gasteiger partial charge < -0.3 is 14.7 Å². The molecule has 1 saturated heterocycles. The standard InChI is InChI=1S/C12H17N6O8P/c1-6-4-18(12(22)15-11(6)21)9-2-7(16-17-13)8(26-9)5-25-27(23,24)14-3-10(19)20/h4,7-9H,2-3,5H2,1H3,(H,19,20)(H2,14,23,24)(H,15,21,22)/t7-,8+,9+/m0/s1. The van der Waals surface area contributed by atoms with Crippen LogP contribution in [0.2, 0.25) is 0 Å². The Labute approximate surface area is 150 Å². The van der Waals surface area contributed by atoms with Gasteiger partial charge in [0.2, 0.25) is 0 Å². The summed E-state index contributed by atoms with van der Waals surface area (Å²) in [7, 11) is -4.42. The number of aliphatic carboxylic acids is 1. The number of hydrogen-bond donors (Lipinski definition) is 4. The van der Waals surface area contributed by atoms with Gasteiger partial charge in [0.15, 0.2) is 0 Å². The number of aryl methyl sites for hydroxylation is 1. The molecule has 1 aliphatic rings. The first-order chi connectivity index (χ1) is 12.6. The van der Waals surface area contributed by atoms with E-state index in [-0.39, 0.29) is 12.0 Å². The van der Waals surface area contributed by atoms with Gasteiger partial charge in [-0.2, -0.15) is 0 Å². The first-order valence-electron chi connectivity index (χ1n) is 7.59. The van der Waals surface area contributed by atoms with Crippen molar-refractivity contribution in [3.05, 3.63) is 43.0 Å². The van der Waals surface area contributed by atoms with Crippen LogP contribution in [0.15, 0.2) is 20.9 Å². The van der Waals surface area contributed by atoms with Crippen LogP contribution < -0.4 is 16.3 Å². The molecule has 1 aromatic rings. The monoisotopic (exact) mass is 404 g/mol. The topological polar surface area (TPSA) is 209 Å². The summed E-state index contributed by atoms with van der Waals surface area (Å²) in [5, 5.41) is 13.9. The third-order valence-electron chi connectivity index (χ3n) is 3.70. The fourth-order valence-corrected chi connectivity index (χ4v) is 3.19. The smallest absolute Gasteiger partial charge is 0.403 e. The summed E-state index contributed by atoms with van der Waals surface area (Å²) < 4.78 is 23.2. The molecular weight excluding hydrogens is 387 g/mol. The molecule has 15 heteroatoms. The molecule has 14 nitrogen and oxygen atoms in total. The normalized spacial score (nSPS) is 24.1. The van der Waals surface area contributed by atoms with Gasteiger partial charge in [0.05, 0.1) is 18.8 Å². The van der Waals surface area contributed by atoms with Crippen molar-refractivity contribution < 1.29 is 28.6 Å². The van der Waals surface area contributed by atoms with Gasteiger partial charge in [-0.15, -0.1) is 0 Å². The Morgan fingerprint density at radius 1 is 1.63 bits per heavy atom. The number of nitrogens with zero attached hydrogens (tertiary/aromatic N) is 4. The highest BCUT2D eigenvalue weighted by Gasteiger charge is 2.38. The molecular formula is C12H17N6O8P. The summed E-state index contributed by atoms with van der Waals surface area (Å²) >= 11 is 0. The number of nitrogens with one attached hydrogen (secondary N) is 2. The van der Waals surface area contributed by atoms with Crippen molar-refractivity contribution >= 4 is 13.7 Å². The summed E-state index contributed by atoms with van der Waals surface area (Å²) in [6.45, 7) is 0.191. The van der Waals surface area contributed by atoms with E-state index in [0.717, 1.165) is 4.57 Å². The van der Waals surface area contributed by atoms with Gasteiger partial charge in [0.25, 0.3) is 5.56 Å². The number of rotatable bonds is 8. The summed E-state index contributed by atoms with van der Waals surface area (Å²) in [5.74, 6) is -1.36. The van der Waals surface area contributed by atoms with Crippen LogP contribution in [0.4, 0.5) is 0 Å². The number of H-pyrrole nitrogens is 1. The van der Waals surface area contributed by atoms with Gasteiger partial charge >= 0.3 is 19.4 Å². The van der Waals surface area contributed by atoms with E-state index >= 15 is 0 Å². The minimum absolute atomic E-state index is 0.0573. The van der Waals surface area contributed by atoms with Crippen molar-refractivity contribution in [1.82, 2.24) is 14.6 Å². The quantitative estimate of drug-likeness (QED) is 0.192. The van der Waals surface area contributed by atoms with Crippen LogP contribution in [0.1, 0.15) is 18.2 Å². The van der Waals surface area contributed by atoms with Crippen molar-refractivity contribution in [1.29, 1.82) is 0 Å². The van der Waals surface area contributed by atoms with Gasteiger partial charge in [0, 0.05) is 23.1 Å². The summed E-state index contributed by atoms with van der Waals surface area (Å²) in [5.41, 5.74) is 7.66. The highest BCUT2D eigenvalue weighted by molar-refractivity contribution is 7.50. The molecule has 4 atom stereocenters. The molecule has 0 aliphatic carbocycles. The molecule has 1 aliphatic heterocycles. The number of carbonyl (C=O) groups is 1. The molecule has 27 heavy (non-hydrogen) atoms. The minimum Gasteiger partial charge on any atom is -0.480 e. The molecule has 0 amide bonds. The van der Waals surface area contributed by atoms with E-state index in [1.54, 1.807) is 0 Å². The van der Waals surface area contributed by atoms with E-state index in [9.17, 15) is 23.8 Å². The van der Waals surface area contributed by atoms with Gasteiger partial charge in [-0.1, -0.05) is 5.11 Å². The zero-order valence-electron chi connectivity index (χ0n) is 14.0. The maximum atomic E-state index is 12.0. The average molecular weight is 404 g/mol. The zero-order valence-corrected chi connectivity index (χ0v) is 14.9. The molecule has 0 radical (unpaired) electrons. The molecule has 148 valence electrons. The summed E-state index contributed by atoms with van der Waals surface area (Å²) in [6, 6.07) is -0.821. The molecule has 0 bridgehead atoms. The fraction of sp³-hybridized carbons (Fsp3) is 0.583. The first-order valence-corrected chi connectivity index (χ1v) is 9.16. The second-order valence-corrected chi connectivity index (χ2v) is 7.28. The maximum Gasteiger partial charge on any atom is 0.403 e. The molecule has 1 unspecified atom stereocenters. The van der Waals surface area contributed by atoms with E-state index in [0.29, 0.717) is 0 Å². The Hall–Kier alpha value is -2.47. The van der Waals surface area contributed by atoms with Crippen LogP contribution in [0.5, 0.6) is 0 Å². The highest BCUT2D eigenvalue weighted by Crippen LogP contribution is 2.39. The van der Waals surface area contributed by atoms with Crippen LogP contribution in [0.3, 0.4) is 0 Å². The Morgan fingerprint density at radius 3 is 2.96 bits per heavy atom. The van der Waals surface area contributed by atoms with Gasteiger partial charge in [-0.3, -0.25) is 23.7 Å². The third-order valence-corrected chi connectivity index (χ3v) is 4.76. The molecule has 4 N–H and O–H groups in total. The molecule has 0 saturated carbocycles. The van der Waals surface area contributed by atoms with Crippen molar-refractivity contribution in [2.45, 2.75) is 31.7 Å². The van der Waals surface area contributed by atoms with E-state index in [1.165, 1.54) is 13.1 Å². The van der Waals surface area contributed by atoms with Crippen LogP contribution in [0, 0.1) is 6.92 Å². The Kier molecular flexibility index (Phi) is 6.54. The van der Waals surface area contributed by atoms with E-state index in [1.807, 2.05) is 5.09 Å². The third kappa shape index (κ3) is 5.50. The van der Waals surface area contributed by atoms with Crippen LogP contribution in [-0.2, 0) is 18.6 Å². The zero-order chi connectivity index (χ0) is 20.2. The average Bonchev–Trinajstić information content (AvgIpc) is 2.98. The maximum absolute atomic E-state index is 12.0. The summed E-state index contributed by atoms with van der Waals surface area (Å²) in [4.78, 5) is 48.2. The van der Waals surface area contributed by atoms with E-state index in [2.05, 4.69) is 15.0 Å². The molecule has 0 aromatic carbocycles. The molecule has 1 fully saturated rings. The van der Waals surface area contributed by atoms with Gasteiger partial charge in [-0.05, 0) is 12.5 Å². The Bertz CT molecular complexity index is 921. The largest absolute Gasteiger partial charge is 0.480 e. The number of aromatic nitrogens is 2. The van der Waals surface area contributed by atoms with Crippen LogP contribution in [0.25, 0.3) is 10.4 Å². The predicted octanol–water partition coefficient (Wildman–Crippen LogP) is -0.397. The number of ether oxygens (including phenoxy) is 1. The fourth-order valence-electron chi connectivity index (χ4n) is 2.41. The van der Waals surface area contributed by atoms with Crippen LogP contribution >= 0.6 is 7.75 Å². The molecule has 2 heterocycles. The van der Waals surface area contributed by atoms with E-state index < -0.39 is 56.5 Å². The molecule has 2 rings (SSSR count). The lowest BCUT2D eigenvalue weighted by Gasteiger charge is -2.18. The van der Waals surface area contributed by atoms with Crippen molar-refractivity contribution in [2.24, 2.45) is 5.11 Å². The molecule has 0 spiro atoms. The van der Waals surface area contributed by atoms with Gasteiger partial charge in [0.1, 0.15) is 12.8 Å². The lowest BCUT2D eigenvalue weighted by Crippen LogP contribution is -2.33. The lowest BCUT2D eigenvalue weighted by atomic mass is 10.1. The van der Waals surface area contributed by atoms with E-state index in [4.69, 9.17) is 19.9 Å². The Morgan fingerprint density at radius 2 is 2.33 bits per heavy atom. The summed E-state index contributed by atoms with van der Waals surface area (Å²) in [6.07, 6.45) is -0.533.